The second-order valence-electron chi connectivity index (χ2n) is 6.19. The highest BCUT2D eigenvalue weighted by molar-refractivity contribution is 5.57. The molecule has 1 aliphatic rings. The number of rotatable bonds is 5. The highest BCUT2D eigenvalue weighted by atomic mass is 16.6. The van der Waals surface area contributed by atoms with Crippen molar-refractivity contribution >= 4 is 11.4 Å². The summed E-state index contributed by atoms with van der Waals surface area (Å²) in [5, 5.41) is 14.6. The minimum absolute atomic E-state index is 0.208. The van der Waals surface area contributed by atoms with Gasteiger partial charge in [-0.25, -0.2) is 0 Å². The summed E-state index contributed by atoms with van der Waals surface area (Å²) in [7, 11) is 0. The van der Waals surface area contributed by atoms with Gasteiger partial charge < -0.3 is 10.2 Å². The SMILES string of the molecule is Cc1ccc(N(CC2CCCNC2)C(C)C)cc1[N+](=O)[O-]. The zero-order chi connectivity index (χ0) is 15.4. The van der Waals surface area contributed by atoms with Crippen LogP contribution in [0.5, 0.6) is 0 Å². The third-order valence-electron chi connectivity index (χ3n) is 4.20. The van der Waals surface area contributed by atoms with Crippen molar-refractivity contribution in [1.29, 1.82) is 0 Å². The lowest BCUT2D eigenvalue weighted by Gasteiger charge is -2.34. The molecule has 0 radical (unpaired) electrons. The van der Waals surface area contributed by atoms with Crippen LogP contribution in [0.1, 0.15) is 32.3 Å². The quantitative estimate of drug-likeness (QED) is 0.669. The van der Waals surface area contributed by atoms with E-state index < -0.39 is 0 Å². The molecule has 1 unspecified atom stereocenters. The Morgan fingerprint density at radius 3 is 2.81 bits per heavy atom. The summed E-state index contributed by atoms with van der Waals surface area (Å²) < 4.78 is 0. The molecule has 1 saturated heterocycles. The molecule has 116 valence electrons. The molecule has 1 atom stereocenters. The Bertz CT molecular complexity index is 496. The summed E-state index contributed by atoms with van der Waals surface area (Å²) >= 11 is 0. The van der Waals surface area contributed by atoms with Crippen LogP contribution in [-0.2, 0) is 0 Å². The number of aryl methyl sites for hydroxylation is 1. The molecule has 1 aromatic carbocycles. The first-order valence-electron chi connectivity index (χ1n) is 7.71. The van der Waals surface area contributed by atoms with Gasteiger partial charge in [0.05, 0.1) is 4.92 Å². The van der Waals surface area contributed by atoms with Crippen molar-refractivity contribution < 1.29 is 4.92 Å². The average Bonchev–Trinajstić information content (AvgIpc) is 2.46. The van der Waals surface area contributed by atoms with Gasteiger partial charge in [-0.2, -0.15) is 0 Å². The van der Waals surface area contributed by atoms with Gasteiger partial charge in [-0.05, 0) is 58.7 Å². The minimum Gasteiger partial charge on any atom is -0.369 e. The van der Waals surface area contributed by atoms with Gasteiger partial charge >= 0.3 is 0 Å². The van der Waals surface area contributed by atoms with Crippen molar-refractivity contribution in [2.75, 3.05) is 24.5 Å². The third-order valence-corrected chi connectivity index (χ3v) is 4.20. The second kappa shape index (κ2) is 6.89. The number of piperidine rings is 1. The van der Waals surface area contributed by atoms with Crippen LogP contribution in [0.4, 0.5) is 11.4 Å². The highest BCUT2D eigenvalue weighted by Crippen LogP contribution is 2.27. The summed E-state index contributed by atoms with van der Waals surface area (Å²) in [5.41, 5.74) is 1.87. The number of nitrogens with zero attached hydrogens (tertiary/aromatic N) is 2. The van der Waals surface area contributed by atoms with Crippen LogP contribution in [0.2, 0.25) is 0 Å². The van der Waals surface area contributed by atoms with Gasteiger partial charge in [0.25, 0.3) is 5.69 Å². The van der Waals surface area contributed by atoms with Gasteiger partial charge in [0.15, 0.2) is 0 Å². The normalized spacial score (nSPS) is 18.8. The molecular formula is C16H25N3O2. The van der Waals surface area contributed by atoms with Gasteiger partial charge in [0.1, 0.15) is 0 Å². The van der Waals surface area contributed by atoms with E-state index in [1.165, 1.54) is 12.8 Å². The number of nitro groups is 1. The maximum absolute atomic E-state index is 11.1. The first-order valence-corrected chi connectivity index (χ1v) is 7.71. The molecule has 0 bridgehead atoms. The molecule has 2 rings (SSSR count). The number of hydrogen-bond acceptors (Lipinski definition) is 4. The molecule has 0 saturated carbocycles. The summed E-state index contributed by atoms with van der Waals surface area (Å²) in [6, 6.07) is 5.89. The molecule has 0 aliphatic carbocycles. The van der Waals surface area contributed by atoms with Crippen molar-refractivity contribution in [2.45, 2.75) is 39.7 Å². The molecule has 0 spiro atoms. The molecule has 21 heavy (non-hydrogen) atoms. The summed E-state index contributed by atoms with van der Waals surface area (Å²) in [6.45, 7) is 9.16. The Hall–Kier alpha value is -1.62. The van der Waals surface area contributed by atoms with Crippen LogP contribution in [0, 0.1) is 23.0 Å². The topological polar surface area (TPSA) is 58.4 Å². The zero-order valence-electron chi connectivity index (χ0n) is 13.1. The lowest BCUT2D eigenvalue weighted by atomic mass is 9.98. The fraction of sp³-hybridized carbons (Fsp3) is 0.625. The standard InChI is InChI=1S/C16H25N3O2/c1-12(2)18(11-14-5-4-8-17-10-14)15-7-6-13(3)16(9-15)19(20)21/h6-7,9,12,14,17H,4-5,8,10-11H2,1-3H3. The van der Waals surface area contributed by atoms with E-state index in [4.69, 9.17) is 0 Å². The highest BCUT2D eigenvalue weighted by Gasteiger charge is 2.21. The van der Waals surface area contributed by atoms with Crippen molar-refractivity contribution in [1.82, 2.24) is 5.32 Å². The Morgan fingerprint density at radius 2 is 2.24 bits per heavy atom. The van der Waals surface area contributed by atoms with Crippen LogP contribution in [-0.4, -0.2) is 30.6 Å². The van der Waals surface area contributed by atoms with Gasteiger partial charge in [-0.3, -0.25) is 10.1 Å². The second-order valence-corrected chi connectivity index (χ2v) is 6.19. The Morgan fingerprint density at radius 1 is 1.48 bits per heavy atom. The Kier molecular flexibility index (Phi) is 5.17. The zero-order valence-corrected chi connectivity index (χ0v) is 13.1. The Balaban J connectivity index is 2.21. The minimum atomic E-state index is -0.292. The predicted molar refractivity (Wildman–Crippen MR) is 85.9 cm³/mol. The van der Waals surface area contributed by atoms with Gasteiger partial charge in [0.2, 0.25) is 0 Å². The lowest BCUT2D eigenvalue weighted by molar-refractivity contribution is -0.385. The summed E-state index contributed by atoms with van der Waals surface area (Å²) in [4.78, 5) is 13.1. The molecule has 1 aromatic rings. The fourth-order valence-corrected chi connectivity index (χ4v) is 2.95. The molecular weight excluding hydrogens is 266 g/mol. The summed E-state index contributed by atoms with van der Waals surface area (Å²) in [5.74, 6) is 0.613. The van der Waals surface area contributed by atoms with E-state index in [1.807, 2.05) is 12.1 Å². The van der Waals surface area contributed by atoms with E-state index in [9.17, 15) is 10.1 Å². The summed E-state index contributed by atoms with van der Waals surface area (Å²) in [6.07, 6.45) is 2.44. The average molecular weight is 291 g/mol. The molecule has 1 heterocycles. The van der Waals surface area contributed by atoms with Crippen molar-refractivity contribution in [2.24, 2.45) is 5.92 Å². The van der Waals surface area contributed by atoms with Crippen LogP contribution in [0.25, 0.3) is 0 Å². The maximum Gasteiger partial charge on any atom is 0.274 e. The van der Waals surface area contributed by atoms with E-state index in [0.29, 0.717) is 17.5 Å². The number of benzene rings is 1. The molecule has 5 nitrogen and oxygen atoms in total. The van der Waals surface area contributed by atoms with E-state index in [1.54, 1.807) is 13.0 Å². The van der Waals surface area contributed by atoms with Gasteiger partial charge in [-0.1, -0.05) is 6.07 Å². The largest absolute Gasteiger partial charge is 0.369 e. The molecule has 0 aromatic heterocycles. The van der Waals surface area contributed by atoms with Gasteiger partial charge in [-0.15, -0.1) is 0 Å². The van der Waals surface area contributed by atoms with E-state index in [-0.39, 0.29) is 10.6 Å². The first kappa shape index (κ1) is 15.8. The molecule has 1 aliphatic heterocycles. The molecule has 1 N–H and O–H groups in total. The van der Waals surface area contributed by atoms with Crippen LogP contribution in [0.15, 0.2) is 18.2 Å². The third kappa shape index (κ3) is 3.94. The van der Waals surface area contributed by atoms with Crippen LogP contribution < -0.4 is 10.2 Å². The van der Waals surface area contributed by atoms with E-state index in [2.05, 4.69) is 24.1 Å². The predicted octanol–water partition coefficient (Wildman–Crippen LogP) is 3.12. The first-order chi connectivity index (χ1) is 9.99. The van der Waals surface area contributed by atoms with Crippen molar-refractivity contribution in [3.63, 3.8) is 0 Å². The van der Waals surface area contributed by atoms with Crippen molar-refractivity contribution in [3.05, 3.63) is 33.9 Å². The molecule has 1 fully saturated rings. The molecule has 0 amide bonds. The van der Waals surface area contributed by atoms with Gasteiger partial charge in [0, 0.05) is 29.9 Å². The maximum atomic E-state index is 11.1. The van der Waals surface area contributed by atoms with Crippen molar-refractivity contribution in [3.8, 4) is 0 Å². The Labute approximate surface area is 126 Å². The number of hydrogen-bond donors (Lipinski definition) is 1. The van der Waals surface area contributed by atoms with E-state index in [0.717, 1.165) is 25.3 Å². The number of anilines is 1. The monoisotopic (exact) mass is 291 g/mol. The lowest BCUT2D eigenvalue weighted by Crippen LogP contribution is -2.41. The number of nitrogens with one attached hydrogen (secondary N) is 1. The number of nitro benzene ring substituents is 1. The van der Waals surface area contributed by atoms with E-state index >= 15 is 0 Å². The smallest absolute Gasteiger partial charge is 0.274 e. The van der Waals surface area contributed by atoms with Crippen LogP contribution in [0.3, 0.4) is 0 Å². The molecule has 5 heteroatoms. The van der Waals surface area contributed by atoms with Crippen LogP contribution >= 0.6 is 0 Å². The fourth-order valence-electron chi connectivity index (χ4n) is 2.95.